The molecule has 0 N–H and O–H groups in total. The highest BCUT2D eigenvalue weighted by atomic mass is 28.4. The van der Waals surface area contributed by atoms with Crippen molar-refractivity contribution in [3.8, 4) is 11.5 Å². The first-order valence-corrected chi connectivity index (χ1v) is 13.0. The lowest BCUT2D eigenvalue weighted by Crippen LogP contribution is -2.43. The Bertz CT molecular complexity index is 605. The van der Waals surface area contributed by atoms with Gasteiger partial charge in [0, 0.05) is 0 Å². The zero-order valence-corrected chi connectivity index (χ0v) is 19.5. The lowest BCUT2D eigenvalue weighted by atomic mass is 10.0. The van der Waals surface area contributed by atoms with Gasteiger partial charge < -0.3 is 13.9 Å². The lowest BCUT2D eigenvalue weighted by molar-refractivity contribution is 0.0496. The monoisotopic (exact) mass is 394 g/mol. The van der Waals surface area contributed by atoms with Crippen molar-refractivity contribution in [1.82, 2.24) is 0 Å². The number of methoxy groups -OCH3 is 1. The van der Waals surface area contributed by atoms with Crippen LogP contribution in [0.25, 0.3) is 0 Å². The molecular formula is C22H38O4Si. The zero-order chi connectivity index (χ0) is 20.7. The molecule has 0 radical (unpaired) electrons. The summed E-state index contributed by atoms with van der Waals surface area (Å²) in [4.78, 5) is 12.3. The molecule has 1 unspecified atom stereocenters. The fourth-order valence-electron chi connectivity index (χ4n) is 2.35. The Morgan fingerprint density at radius 1 is 1.15 bits per heavy atom. The van der Waals surface area contributed by atoms with E-state index in [0.717, 1.165) is 18.8 Å². The van der Waals surface area contributed by atoms with E-state index in [-0.39, 0.29) is 11.0 Å². The number of ether oxygens (including phenoxy) is 2. The van der Waals surface area contributed by atoms with E-state index in [1.165, 1.54) is 12.8 Å². The van der Waals surface area contributed by atoms with Gasteiger partial charge in [-0.2, -0.15) is 0 Å². The highest BCUT2D eigenvalue weighted by Crippen LogP contribution is 2.40. The maximum absolute atomic E-state index is 12.3. The van der Waals surface area contributed by atoms with Crippen LogP contribution in [0.1, 0.15) is 70.7 Å². The molecule has 0 saturated heterocycles. The fraction of sp³-hybridized carbons (Fsp3) is 0.682. The van der Waals surface area contributed by atoms with Crippen molar-refractivity contribution < 1.29 is 18.7 Å². The molecule has 0 saturated carbocycles. The molecule has 0 spiro atoms. The van der Waals surface area contributed by atoms with Crippen LogP contribution in [0, 0.1) is 5.92 Å². The van der Waals surface area contributed by atoms with Crippen LogP contribution in [0.2, 0.25) is 18.1 Å². The molecular weight excluding hydrogens is 356 g/mol. The third-order valence-corrected chi connectivity index (χ3v) is 9.93. The predicted molar refractivity (Wildman–Crippen MR) is 114 cm³/mol. The number of rotatable bonds is 10. The average molecular weight is 395 g/mol. The van der Waals surface area contributed by atoms with Gasteiger partial charge in [-0.25, -0.2) is 4.79 Å². The highest BCUT2D eigenvalue weighted by Gasteiger charge is 2.39. The smallest absolute Gasteiger partial charge is 0.338 e. The summed E-state index contributed by atoms with van der Waals surface area (Å²) in [5, 5.41) is 0.0882. The standard InChI is InChI=1S/C22H38O4Si/c1-9-17(2)12-10-11-15-25-21(23)18-13-14-19(20(16-18)24-6)26-27(7,8)22(3,4)5/h13-14,16-17H,9-12,15H2,1-8H3. The van der Waals surface area contributed by atoms with Gasteiger partial charge in [-0.1, -0.05) is 47.5 Å². The number of benzene rings is 1. The summed E-state index contributed by atoms with van der Waals surface area (Å²) in [7, 11) is -0.382. The predicted octanol–water partition coefficient (Wildman–Crippen LogP) is 6.45. The molecule has 0 fully saturated rings. The van der Waals surface area contributed by atoms with Gasteiger partial charge in [0.1, 0.15) is 5.75 Å². The minimum absolute atomic E-state index is 0.0882. The molecule has 0 aliphatic rings. The van der Waals surface area contributed by atoms with Gasteiger partial charge in [-0.15, -0.1) is 0 Å². The number of esters is 1. The molecule has 1 rings (SSSR count). The number of hydrogen-bond acceptors (Lipinski definition) is 4. The Morgan fingerprint density at radius 3 is 2.37 bits per heavy atom. The number of carbonyl (C=O) groups excluding carboxylic acids is 1. The van der Waals surface area contributed by atoms with Gasteiger partial charge in [0.2, 0.25) is 0 Å². The lowest BCUT2D eigenvalue weighted by Gasteiger charge is -2.36. The largest absolute Gasteiger partial charge is 0.541 e. The molecule has 0 amide bonds. The molecule has 1 aromatic carbocycles. The van der Waals surface area contributed by atoms with Gasteiger partial charge >= 0.3 is 5.97 Å². The first-order chi connectivity index (χ1) is 12.5. The van der Waals surface area contributed by atoms with E-state index in [1.807, 2.05) is 6.07 Å². The molecule has 0 bridgehead atoms. The van der Waals surface area contributed by atoms with E-state index >= 15 is 0 Å². The number of carbonyl (C=O) groups is 1. The van der Waals surface area contributed by atoms with Crippen molar-refractivity contribution in [2.75, 3.05) is 13.7 Å². The number of hydrogen-bond donors (Lipinski definition) is 0. The molecule has 0 aromatic heterocycles. The first-order valence-electron chi connectivity index (χ1n) is 10.1. The van der Waals surface area contributed by atoms with Crippen LogP contribution in [0.4, 0.5) is 0 Å². The van der Waals surface area contributed by atoms with Crippen molar-refractivity contribution in [2.24, 2.45) is 5.92 Å². The molecule has 0 aliphatic heterocycles. The van der Waals surface area contributed by atoms with Crippen LogP contribution in [-0.2, 0) is 4.74 Å². The molecule has 154 valence electrons. The quantitative estimate of drug-likeness (QED) is 0.260. The minimum atomic E-state index is -1.98. The summed E-state index contributed by atoms with van der Waals surface area (Å²) < 4.78 is 17.2. The maximum Gasteiger partial charge on any atom is 0.338 e. The summed E-state index contributed by atoms with van der Waals surface area (Å²) in [5.41, 5.74) is 0.497. The topological polar surface area (TPSA) is 44.8 Å². The zero-order valence-electron chi connectivity index (χ0n) is 18.5. The van der Waals surface area contributed by atoms with Crippen LogP contribution in [0.5, 0.6) is 11.5 Å². The van der Waals surface area contributed by atoms with Crippen LogP contribution in [0.3, 0.4) is 0 Å². The molecule has 27 heavy (non-hydrogen) atoms. The van der Waals surface area contributed by atoms with E-state index < -0.39 is 8.32 Å². The number of unbranched alkanes of at least 4 members (excludes halogenated alkanes) is 1. The third-order valence-electron chi connectivity index (χ3n) is 5.59. The van der Waals surface area contributed by atoms with Gasteiger partial charge in [0.15, 0.2) is 5.75 Å². The van der Waals surface area contributed by atoms with E-state index in [0.29, 0.717) is 23.7 Å². The average Bonchev–Trinajstić information content (AvgIpc) is 2.60. The summed E-state index contributed by atoms with van der Waals surface area (Å²) in [6.07, 6.45) is 4.37. The fourth-order valence-corrected chi connectivity index (χ4v) is 3.38. The molecule has 4 nitrogen and oxygen atoms in total. The Hall–Kier alpha value is -1.49. The SMILES string of the molecule is CCC(C)CCCCOC(=O)c1ccc(O[Si](C)(C)C(C)(C)C)c(OC)c1. The van der Waals surface area contributed by atoms with Gasteiger partial charge in [0.05, 0.1) is 19.3 Å². The van der Waals surface area contributed by atoms with Crippen molar-refractivity contribution >= 4 is 14.3 Å². The molecule has 1 aromatic rings. The molecule has 5 heteroatoms. The van der Waals surface area contributed by atoms with Crippen LogP contribution in [-0.4, -0.2) is 28.0 Å². The molecule has 0 aliphatic carbocycles. The molecule has 0 heterocycles. The van der Waals surface area contributed by atoms with E-state index in [4.69, 9.17) is 13.9 Å². The van der Waals surface area contributed by atoms with Crippen molar-refractivity contribution in [3.63, 3.8) is 0 Å². The molecule has 1 atom stereocenters. The van der Waals surface area contributed by atoms with Crippen molar-refractivity contribution in [3.05, 3.63) is 23.8 Å². The van der Waals surface area contributed by atoms with Crippen molar-refractivity contribution in [1.29, 1.82) is 0 Å². The maximum atomic E-state index is 12.3. The highest BCUT2D eigenvalue weighted by molar-refractivity contribution is 6.74. The van der Waals surface area contributed by atoms with E-state index in [2.05, 4.69) is 47.7 Å². The second-order valence-electron chi connectivity index (χ2n) is 8.87. The minimum Gasteiger partial charge on any atom is -0.541 e. The van der Waals surface area contributed by atoms with Crippen LogP contribution in [0.15, 0.2) is 18.2 Å². The van der Waals surface area contributed by atoms with Crippen LogP contribution >= 0.6 is 0 Å². The summed E-state index contributed by atoms with van der Waals surface area (Å²) in [5.74, 6) is 1.69. The Balaban J connectivity index is 2.69. The summed E-state index contributed by atoms with van der Waals surface area (Å²) in [6.45, 7) is 15.9. The summed E-state index contributed by atoms with van der Waals surface area (Å²) in [6, 6.07) is 5.29. The Labute approximate surface area is 166 Å². The second kappa shape index (κ2) is 10.2. The normalized spacial score (nSPS) is 13.2. The van der Waals surface area contributed by atoms with Gasteiger partial charge in [0.25, 0.3) is 8.32 Å². The third kappa shape index (κ3) is 7.21. The summed E-state index contributed by atoms with van der Waals surface area (Å²) >= 11 is 0. The van der Waals surface area contributed by atoms with E-state index in [9.17, 15) is 4.79 Å². The second-order valence-corrected chi connectivity index (χ2v) is 13.6. The van der Waals surface area contributed by atoms with Gasteiger partial charge in [-0.05, 0) is 55.1 Å². The van der Waals surface area contributed by atoms with Gasteiger partial charge in [-0.3, -0.25) is 0 Å². The Morgan fingerprint density at radius 2 is 1.81 bits per heavy atom. The first kappa shape index (κ1) is 23.5. The van der Waals surface area contributed by atoms with Crippen molar-refractivity contribution in [2.45, 2.75) is 78.4 Å². The Kier molecular flexibility index (Phi) is 8.86. The van der Waals surface area contributed by atoms with E-state index in [1.54, 1.807) is 19.2 Å². The van der Waals surface area contributed by atoms with Crippen LogP contribution < -0.4 is 9.16 Å².